The van der Waals surface area contributed by atoms with Crippen molar-refractivity contribution in [3.8, 4) is 0 Å². The van der Waals surface area contributed by atoms with Gasteiger partial charge in [0.15, 0.2) is 0 Å². The van der Waals surface area contributed by atoms with Crippen LogP contribution >= 0.6 is 0 Å². The van der Waals surface area contributed by atoms with Crippen molar-refractivity contribution in [1.82, 2.24) is 5.32 Å². The highest BCUT2D eigenvalue weighted by molar-refractivity contribution is 4.92. The Morgan fingerprint density at radius 2 is 1.94 bits per heavy atom. The molecule has 0 aromatic rings. The SMILES string of the molecule is CCC(CC)CNC1(CN)CCCC(C)CC1. The maximum atomic E-state index is 6.06. The van der Waals surface area contributed by atoms with Crippen LogP contribution in [0.3, 0.4) is 0 Å². The maximum absolute atomic E-state index is 6.06. The lowest BCUT2D eigenvalue weighted by Crippen LogP contribution is -2.52. The maximum Gasteiger partial charge on any atom is 0.0304 e. The topological polar surface area (TPSA) is 38.0 Å². The van der Waals surface area contributed by atoms with Crippen LogP contribution in [0.2, 0.25) is 0 Å². The molecule has 2 nitrogen and oxygen atoms in total. The summed E-state index contributed by atoms with van der Waals surface area (Å²) in [6.07, 6.45) is 9.16. The molecule has 17 heavy (non-hydrogen) atoms. The molecule has 0 aromatic heterocycles. The van der Waals surface area contributed by atoms with Gasteiger partial charge in [0.05, 0.1) is 0 Å². The second-order valence-corrected chi connectivity index (χ2v) is 6.08. The van der Waals surface area contributed by atoms with Gasteiger partial charge in [-0.3, -0.25) is 0 Å². The fourth-order valence-corrected chi connectivity index (χ4v) is 2.97. The van der Waals surface area contributed by atoms with Gasteiger partial charge in [-0.05, 0) is 37.6 Å². The molecule has 1 rings (SSSR count). The first kappa shape index (κ1) is 15.0. The van der Waals surface area contributed by atoms with Crippen molar-refractivity contribution in [2.75, 3.05) is 13.1 Å². The summed E-state index contributed by atoms with van der Waals surface area (Å²) < 4.78 is 0. The number of rotatable bonds is 6. The minimum absolute atomic E-state index is 0.243. The summed E-state index contributed by atoms with van der Waals surface area (Å²) in [5.74, 6) is 1.71. The first-order valence-electron chi connectivity index (χ1n) is 7.61. The summed E-state index contributed by atoms with van der Waals surface area (Å²) in [4.78, 5) is 0. The first-order chi connectivity index (χ1) is 8.15. The Hall–Kier alpha value is -0.0800. The van der Waals surface area contributed by atoms with Crippen molar-refractivity contribution in [1.29, 1.82) is 0 Å². The van der Waals surface area contributed by atoms with Gasteiger partial charge >= 0.3 is 0 Å². The summed E-state index contributed by atoms with van der Waals surface area (Å²) >= 11 is 0. The van der Waals surface area contributed by atoms with Crippen molar-refractivity contribution in [2.45, 2.75) is 71.3 Å². The van der Waals surface area contributed by atoms with Gasteiger partial charge < -0.3 is 11.1 Å². The molecule has 0 spiro atoms. The van der Waals surface area contributed by atoms with Crippen LogP contribution in [0.1, 0.15) is 65.7 Å². The molecule has 1 fully saturated rings. The van der Waals surface area contributed by atoms with Crippen molar-refractivity contribution < 1.29 is 0 Å². The van der Waals surface area contributed by atoms with E-state index in [0.717, 1.165) is 24.9 Å². The molecule has 1 aliphatic carbocycles. The molecule has 0 amide bonds. The lowest BCUT2D eigenvalue weighted by atomic mass is 9.88. The van der Waals surface area contributed by atoms with E-state index in [1.54, 1.807) is 0 Å². The Kier molecular flexibility index (Phi) is 6.50. The highest BCUT2D eigenvalue weighted by Crippen LogP contribution is 2.30. The van der Waals surface area contributed by atoms with Gasteiger partial charge in [-0.1, -0.05) is 46.5 Å². The molecule has 0 aromatic carbocycles. The summed E-state index contributed by atoms with van der Waals surface area (Å²) in [6.45, 7) is 8.92. The van der Waals surface area contributed by atoms with Crippen molar-refractivity contribution in [3.63, 3.8) is 0 Å². The monoisotopic (exact) mass is 240 g/mol. The smallest absolute Gasteiger partial charge is 0.0304 e. The standard InChI is InChI=1S/C15H32N2/c1-4-14(5-2)11-17-15(12-16)9-6-7-13(3)8-10-15/h13-14,17H,4-12,16H2,1-3H3. The lowest BCUT2D eigenvalue weighted by Gasteiger charge is -2.34. The van der Waals surface area contributed by atoms with Gasteiger partial charge in [0, 0.05) is 12.1 Å². The van der Waals surface area contributed by atoms with E-state index in [1.165, 1.54) is 44.9 Å². The van der Waals surface area contributed by atoms with Gasteiger partial charge in [-0.15, -0.1) is 0 Å². The third kappa shape index (κ3) is 4.59. The summed E-state index contributed by atoms with van der Waals surface area (Å²) in [7, 11) is 0. The van der Waals surface area contributed by atoms with Gasteiger partial charge in [-0.2, -0.15) is 0 Å². The molecular formula is C15H32N2. The molecule has 3 N–H and O–H groups in total. The van der Waals surface area contributed by atoms with Crippen LogP contribution in [-0.4, -0.2) is 18.6 Å². The van der Waals surface area contributed by atoms with E-state index in [1.807, 2.05) is 0 Å². The van der Waals surface area contributed by atoms with Crippen LogP contribution in [0.4, 0.5) is 0 Å². The lowest BCUT2D eigenvalue weighted by molar-refractivity contribution is 0.265. The Labute approximate surface area is 108 Å². The Morgan fingerprint density at radius 1 is 1.24 bits per heavy atom. The zero-order chi connectivity index (χ0) is 12.7. The van der Waals surface area contributed by atoms with Crippen LogP contribution in [-0.2, 0) is 0 Å². The summed E-state index contributed by atoms with van der Waals surface area (Å²) in [5.41, 5.74) is 6.30. The molecule has 1 aliphatic rings. The molecule has 102 valence electrons. The summed E-state index contributed by atoms with van der Waals surface area (Å²) in [6, 6.07) is 0. The number of nitrogens with two attached hydrogens (primary N) is 1. The fourth-order valence-electron chi connectivity index (χ4n) is 2.97. The molecule has 0 aliphatic heterocycles. The fraction of sp³-hybridized carbons (Fsp3) is 1.00. The van der Waals surface area contributed by atoms with Crippen molar-refractivity contribution in [3.05, 3.63) is 0 Å². The minimum atomic E-state index is 0.243. The van der Waals surface area contributed by atoms with Crippen LogP contribution in [0.25, 0.3) is 0 Å². The molecule has 0 bridgehead atoms. The molecule has 0 saturated heterocycles. The highest BCUT2D eigenvalue weighted by Gasteiger charge is 2.30. The van der Waals surface area contributed by atoms with Crippen LogP contribution in [0, 0.1) is 11.8 Å². The number of hydrogen-bond acceptors (Lipinski definition) is 2. The van der Waals surface area contributed by atoms with Gasteiger partial charge in [0.2, 0.25) is 0 Å². The second-order valence-electron chi connectivity index (χ2n) is 6.08. The molecule has 2 heteroatoms. The van der Waals surface area contributed by atoms with E-state index in [-0.39, 0.29) is 5.54 Å². The average Bonchev–Trinajstić information content (AvgIpc) is 2.54. The summed E-state index contributed by atoms with van der Waals surface area (Å²) in [5, 5.41) is 3.82. The number of hydrogen-bond donors (Lipinski definition) is 2. The first-order valence-corrected chi connectivity index (χ1v) is 7.61. The quantitative estimate of drug-likeness (QED) is 0.699. The van der Waals surface area contributed by atoms with Crippen LogP contribution < -0.4 is 11.1 Å². The van der Waals surface area contributed by atoms with Crippen molar-refractivity contribution >= 4 is 0 Å². The number of nitrogens with one attached hydrogen (secondary N) is 1. The zero-order valence-corrected chi connectivity index (χ0v) is 12.1. The third-order valence-electron chi connectivity index (χ3n) is 4.78. The Morgan fingerprint density at radius 3 is 2.53 bits per heavy atom. The van der Waals surface area contributed by atoms with E-state index in [2.05, 4.69) is 26.1 Å². The van der Waals surface area contributed by atoms with Crippen LogP contribution in [0.15, 0.2) is 0 Å². The average molecular weight is 240 g/mol. The molecule has 1 saturated carbocycles. The predicted octanol–water partition coefficient (Wildman–Crippen LogP) is 3.31. The van der Waals surface area contributed by atoms with E-state index in [9.17, 15) is 0 Å². The normalized spacial score (nSPS) is 30.5. The molecular weight excluding hydrogens is 208 g/mol. The van der Waals surface area contributed by atoms with Crippen molar-refractivity contribution in [2.24, 2.45) is 17.6 Å². The zero-order valence-electron chi connectivity index (χ0n) is 12.1. The Bertz CT molecular complexity index is 201. The van der Waals surface area contributed by atoms with Gasteiger partial charge in [0.25, 0.3) is 0 Å². The van der Waals surface area contributed by atoms with E-state index >= 15 is 0 Å². The Balaban J connectivity index is 2.49. The van der Waals surface area contributed by atoms with Gasteiger partial charge in [0.1, 0.15) is 0 Å². The molecule has 0 heterocycles. The van der Waals surface area contributed by atoms with Gasteiger partial charge in [-0.25, -0.2) is 0 Å². The van der Waals surface area contributed by atoms with E-state index in [4.69, 9.17) is 5.73 Å². The second kappa shape index (κ2) is 7.38. The predicted molar refractivity (Wildman–Crippen MR) is 76.1 cm³/mol. The van der Waals surface area contributed by atoms with E-state index in [0.29, 0.717) is 0 Å². The highest BCUT2D eigenvalue weighted by atomic mass is 15.0. The minimum Gasteiger partial charge on any atom is -0.329 e. The molecule has 2 unspecified atom stereocenters. The molecule has 0 radical (unpaired) electrons. The van der Waals surface area contributed by atoms with E-state index < -0.39 is 0 Å². The molecule has 2 atom stereocenters. The van der Waals surface area contributed by atoms with Crippen LogP contribution in [0.5, 0.6) is 0 Å². The largest absolute Gasteiger partial charge is 0.329 e. The third-order valence-corrected chi connectivity index (χ3v) is 4.78.